The molecule has 1 aliphatic carbocycles. The van der Waals surface area contributed by atoms with E-state index in [1.165, 1.54) is 5.56 Å². The molecule has 1 aliphatic heterocycles. The number of imidazole rings is 2. The highest BCUT2D eigenvalue weighted by molar-refractivity contribution is 5.90. The fourth-order valence-electron chi connectivity index (χ4n) is 16.3. The second-order valence-corrected chi connectivity index (χ2v) is 28.5. The van der Waals surface area contributed by atoms with Gasteiger partial charge in [0, 0.05) is 34.8 Å². The number of ether oxygens (including phenoxy) is 6. The van der Waals surface area contributed by atoms with Crippen LogP contribution in [0.1, 0.15) is 147 Å². The highest BCUT2D eigenvalue weighted by atomic mass is 16.5. The molecule has 1 spiro atoms. The average Bonchev–Trinajstić information content (AvgIpc) is 1.56. The van der Waals surface area contributed by atoms with Crippen LogP contribution < -0.4 is 28.1 Å². The monoisotopic (exact) mass is 1440 g/mol. The Balaban J connectivity index is 0.947. The number of aliphatic hydroxyl groups excluding tert-OH is 2. The van der Waals surface area contributed by atoms with Gasteiger partial charge in [-0.1, -0.05) is 218 Å². The molecule has 12 aromatic carbocycles. The molecular weight excluding hydrogens is 1350 g/mol. The molecule has 109 heavy (non-hydrogen) atoms. The topological polar surface area (TPSA) is 113 Å². The van der Waals surface area contributed by atoms with Gasteiger partial charge in [0.1, 0.15) is 53.5 Å². The number of nitrogens with zero attached hydrogens (tertiary/aromatic N) is 4. The SMILES string of the molecule is C=C[n+]1ccn(COCc2ccc(C(c3ccc(CO)cc3)c3ccc4c(c3)C3(c5cc(C(c6ccc(C)cc6)c6ccc(COCn7cc[n+](CC)c7)cc6)ccc5O4)c4cc(C(c5ccc(CO)cc5)c5ccc(OC)cc5)ccc4-c4ccc(C(c5ccc(OC)cc5)c5ccc(OC)cc5)cc43)cc2)c1. The maximum atomic E-state index is 10.5. The predicted molar refractivity (Wildman–Crippen MR) is 426 cm³/mol. The molecule has 4 unspecified atom stereocenters. The molecule has 0 bridgehead atoms. The van der Waals surface area contributed by atoms with Crippen molar-refractivity contribution < 1.29 is 47.8 Å². The van der Waals surface area contributed by atoms with Gasteiger partial charge < -0.3 is 38.6 Å². The molecule has 4 atom stereocenters. The minimum atomic E-state index is -1.09. The number of hydrogen-bond donors (Lipinski definition) is 2. The van der Waals surface area contributed by atoms with Crippen molar-refractivity contribution in [3.8, 4) is 39.9 Å². The van der Waals surface area contributed by atoms with E-state index in [-0.39, 0.29) is 36.9 Å². The van der Waals surface area contributed by atoms with Crippen molar-refractivity contribution >= 4 is 6.20 Å². The summed E-state index contributed by atoms with van der Waals surface area (Å²) in [6.07, 6.45) is 13.8. The van der Waals surface area contributed by atoms with Crippen LogP contribution in [0.5, 0.6) is 28.7 Å². The second kappa shape index (κ2) is 31.3. The van der Waals surface area contributed by atoms with Crippen molar-refractivity contribution in [2.24, 2.45) is 0 Å². The van der Waals surface area contributed by atoms with E-state index in [1.54, 1.807) is 27.5 Å². The molecule has 0 saturated carbocycles. The number of rotatable bonds is 27. The van der Waals surface area contributed by atoms with Crippen LogP contribution in [0, 0.1) is 6.92 Å². The zero-order valence-electron chi connectivity index (χ0n) is 62.0. The molecule has 14 aromatic rings. The molecular formula is C97H88N4O8+2. The van der Waals surface area contributed by atoms with Gasteiger partial charge in [0.2, 0.25) is 12.7 Å². The number of benzene rings is 12. The van der Waals surface area contributed by atoms with E-state index >= 15 is 0 Å². The molecule has 2 aromatic heterocycles. The number of methoxy groups -OCH3 is 3. The van der Waals surface area contributed by atoms with E-state index in [1.807, 2.05) is 70.5 Å². The molecule has 12 nitrogen and oxygen atoms in total. The molecule has 0 radical (unpaired) electrons. The third kappa shape index (κ3) is 14.2. The summed E-state index contributed by atoms with van der Waals surface area (Å²) in [5, 5.41) is 21.0. The first-order valence-corrected chi connectivity index (χ1v) is 37.2. The third-order valence-electron chi connectivity index (χ3n) is 22.0. The summed E-state index contributed by atoms with van der Waals surface area (Å²) < 4.78 is 45.8. The van der Waals surface area contributed by atoms with Gasteiger partial charge in [0.25, 0.3) is 0 Å². The van der Waals surface area contributed by atoms with Crippen molar-refractivity contribution in [2.45, 2.75) is 89.4 Å². The summed E-state index contributed by atoms with van der Waals surface area (Å²) in [6.45, 7) is 10.6. The van der Waals surface area contributed by atoms with Crippen molar-refractivity contribution in [3.05, 3.63) is 428 Å². The van der Waals surface area contributed by atoms with Crippen LogP contribution >= 0.6 is 0 Å². The largest absolute Gasteiger partial charge is 0.497 e. The van der Waals surface area contributed by atoms with Crippen molar-refractivity contribution in [3.63, 3.8) is 0 Å². The lowest BCUT2D eigenvalue weighted by Crippen LogP contribution is -2.33. The van der Waals surface area contributed by atoms with Crippen LogP contribution in [0.4, 0.5) is 0 Å². The molecule has 2 N–H and O–H groups in total. The highest BCUT2D eigenvalue weighted by Crippen LogP contribution is 2.64. The van der Waals surface area contributed by atoms with E-state index in [0.29, 0.717) is 26.7 Å². The Bertz CT molecular complexity index is 5270. The van der Waals surface area contributed by atoms with E-state index in [2.05, 4.69) is 273 Å². The Morgan fingerprint density at radius 1 is 0.394 bits per heavy atom. The number of aliphatic hydroxyl groups is 2. The number of aryl methyl sites for hydroxylation is 2. The second-order valence-electron chi connectivity index (χ2n) is 28.5. The summed E-state index contributed by atoms with van der Waals surface area (Å²) in [5.74, 6) is 2.79. The smallest absolute Gasteiger partial charge is 0.250 e. The number of fused-ring (bicyclic) bond motifs is 9. The van der Waals surface area contributed by atoms with Crippen molar-refractivity contribution in [1.82, 2.24) is 9.13 Å². The Morgan fingerprint density at radius 3 is 1.06 bits per heavy atom. The van der Waals surface area contributed by atoms with Gasteiger partial charge in [0.05, 0.1) is 65.9 Å². The van der Waals surface area contributed by atoms with Gasteiger partial charge in [-0.3, -0.25) is 0 Å². The van der Waals surface area contributed by atoms with Crippen molar-refractivity contribution in [2.75, 3.05) is 21.3 Å². The summed E-state index contributed by atoms with van der Waals surface area (Å²) in [6, 6.07) is 97.1. The fraction of sp³-hybridized carbons (Fsp3) is 0.175. The minimum Gasteiger partial charge on any atom is -0.497 e. The lowest BCUT2D eigenvalue weighted by Gasteiger charge is -2.41. The van der Waals surface area contributed by atoms with Crippen LogP contribution in [0.2, 0.25) is 0 Å². The van der Waals surface area contributed by atoms with Gasteiger partial charge >= 0.3 is 0 Å². The Labute approximate surface area is 637 Å². The van der Waals surface area contributed by atoms with Crippen LogP contribution in [-0.2, 0) is 61.3 Å². The zero-order valence-corrected chi connectivity index (χ0v) is 62.0. The maximum absolute atomic E-state index is 10.5. The molecule has 0 amide bonds. The van der Waals surface area contributed by atoms with E-state index in [9.17, 15) is 10.2 Å². The quantitative estimate of drug-likeness (QED) is 0.0387. The molecule has 0 fully saturated rings. The normalized spacial score (nSPS) is 14.1. The molecule has 0 saturated heterocycles. The fourth-order valence-corrected chi connectivity index (χ4v) is 16.3. The molecule has 2 aliphatic rings. The number of hydrogen-bond acceptors (Lipinski definition) is 8. The molecule has 16 rings (SSSR count). The lowest BCUT2D eigenvalue weighted by atomic mass is 9.64. The predicted octanol–water partition coefficient (Wildman–Crippen LogP) is 18.8. The molecule has 3 heterocycles. The van der Waals surface area contributed by atoms with Crippen LogP contribution in [0.25, 0.3) is 17.3 Å². The summed E-state index contributed by atoms with van der Waals surface area (Å²) >= 11 is 0. The summed E-state index contributed by atoms with van der Waals surface area (Å²) in [7, 11) is 5.13. The molecule has 542 valence electrons. The van der Waals surface area contributed by atoms with E-state index in [4.69, 9.17) is 28.4 Å². The van der Waals surface area contributed by atoms with Crippen LogP contribution in [0.15, 0.2) is 311 Å². The van der Waals surface area contributed by atoms with Crippen LogP contribution in [-0.4, -0.2) is 40.7 Å². The Hall–Kier alpha value is -12.2. The zero-order chi connectivity index (χ0) is 74.5. The van der Waals surface area contributed by atoms with Gasteiger partial charge in [-0.25, -0.2) is 18.3 Å². The van der Waals surface area contributed by atoms with Gasteiger partial charge in [-0.2, -0.15) is 0 Å². The highest BCUT2D eigenvalue weighted by Gasteiger charge is 2.52. The lowest BCUT2D eigenvalue weighted by molar-refractivity contribution is -0.693. The van der Waals surface area contributed by atoms with Crippen molar-refractivity contribution in [1.29, 1.82) is 0 Å². The first-order chi connectivity index (χ1) is 53.5. The standard InChI is InChI=1S/C97H88N4O8/c1-7-98-49-51-100(61-98)63-107-59-68-15-25-73(26-16-68)93(70-19-9-65(3)10-20-70)80-37-47-91-89(55-80)97(90-56-81(38-48-92(90)109-91)94(71-21-11-66(57-102)12-22-71)74-27-17-69(18-28-74)60-108-64-101-52-50-99(8-2)62-101)87-53-78(95(72-23-13-67(58-103)14-24-72)75-29-39-82(104-4)40-30-75)35-45-85(87)86-46-36-79(54-88(86)97)96(76-31-41-83(105-5)42-32-76)77-33-43-84(106-6)44-34-77/h8-56,61-62,93-96,102-103H,2,7,57-60,63-64H2,1,3-6H3/q+2. The first kappa shape index (κ1) is 71.1. The molecule has 12 heteroatoms. The summed E-state index contributed by atoms with van der Waals surface area (Å²) in [5.41, 5.74) is 23.5. The van der Waals surface area contributed by atoms with E-state index in [0.717, 1.165) is 158 Å². The minimum absolute atomic E-state index is 0.0707. The van der Waals surface area contributed by atoms with Gasteiger partial charge in [-0.15, -0.1) is 0 Å². The first-order valence-electron chi connectivity index (χ1n) is 37.2. The average molecular weight is 1440 g/mol. The van der Waals surface area contributed by atoms with Gasteiger partial charge in [0.15, 0.2) is 13.5 Å². The van der Waals surface area contributed by atoms with Crippen LogP contribution in [0.3, 0.4) is 0 Å². The third-order valence-corrected chi connectivity index (χ3v) is 22.0. The Morgan fingerprint density at radius 2 is 0.716 bits per heavy atom. The Kier molecular flexibility index (Phi) is 20.4. The summed E-state index contributed by atoms with van der Waals surface area (Å²) in [4.78, 5) is 0. The van der Waals surface area contributed by atoms with E-state index < -0.39 is 5.41 Å². The maximum Gasteiger partial charge on any atom is 0.250 e. The van der Waals surface area contributed by atoms with Gasteiger partial charge in [-0.05, 0) is 186 Å². The number of aromatic nitrogens is 4.